The molecule has 0 N–H and O–H groups in total. The van der Waals surface area contributed by atoms with Gasteiger partial charge in [-0.1, -0.05) is 27.7 Å². The third-order valence-electron chi connectivity index (χ3n) is 23.3. The van der Waals surface area contributed by atoms with Gasteiger partial charge in [0.25, 0.3) is 0 Å². The Morgan fingerprint density at radius 2 is 0.901 bits per heavy atom. The van der Waals surface area contributed by atoms with Crippen LogP contribution < -0.4 is 0 Å². The van der Waals surface area contributed by atoms with Crippen molar-refractivity contribution < 1.29 is 119 Å². The Hall–Kier alpha value is -1.90. The van der Waals surface area contributed by atoms with E-state index in [9.17, 15) is 9.59 Å². The normalized spacial score (nSPS) is 48.9. The first-order valence-corrected chi connectivity index (χ1v) is 33.3. The van der Waals surface area contributed by atoms with Crippen LogP contribution in [0.2, 0.25) is 0 Å². The van der Waals surface area contributed by atoms with Gasteiger partial charge >= 0.3 is 11.9 Å². The molecule has 0 radical (unpaired) electrons. The summed E-state index contributed by atoms with van der Waals surface area (Å²) in [6, 6.07) is 0. The van der Waals surface area contributed by atoms with Crippen molar-refractivity contribution in [2.45, 2.75) is 247 Å². The van der Waals surface area contributed by atoms with Gasteiger partial charge in [0.1, 0.15) is 85.5 Å². The predicted octanol–water partition coefficient (Wildman–Crippen LogP) is 5.43. The molecule has 25 heteroatoms. The van der Waals surface area contributed by atoms with E-state index in [2.05, 4.69) is 27.7 Å². The Balaban J connectivity index is 0.918. The zero-order valence-corrected chi connectivity index (χ0v) is 57.1. The Labute approximate surface area is 538 Å². The van der Waals surface area contributed by atoms with Gasteiger partial charge in [0.15, 0.2) is 43.2 Å². The summed E-state index contributed by atoms with van der Waals surface area (Å²) < 4.78 is 148. The second-order valence-electron chi connectivity index (χ2n) is 28.1. The molecule has 0 bridgehead atoms. The molecule has 4 aliphatic carbocycles. The molecule has 1 spiro atoms. The van der Waals surface area contributed by atoms with Gasteiger partial charge in [0, 0.05) is 104 Å². The number of carbonyl (C=O) groups is 2. The molecule has 6 aliphatic heterocycles. The molecule has 10 aliphatic rings. The average molecular weight is 1300 g/mol. The SMILES string of the molecule is COC[C@H]1O[C@@H](O[C@H]2CC[C@@]3(C)[C@@H](CC[C@@H]4[C@@H]3CC[C@]3(C)C5C(C[C@@H]43)O[C@]3(CC[C@@H](C)CO3)[C@H]5C)C2)[C@H](OC)[C@@H](OC)[C@H]1O[C@@H]1O[C@H](COC)[C@@H](OC)[C@H](O[C@@H]2O[C@H](COC)[C@@H](OC)[C@H](OC(C)=O)[C@H]2OC)[C@H]1O[C@@H]1O[C@H](COC)[C@@H](OC(C)=O)[C@H](OC)[C@H]1OC. The monoisotopic (exact) mass is 1300 g/mol. The highest BCUT2D eigenvalue weighted by atomic mass is 16.8. The molecule has 10 rings (SSSR count). The van der Waals surface area contributed by atoms with E-state index in [4.69, 9.17) is 109 Å². The highest BCUT2D eigenvalue weighted by Crippen LogP contribution is 2.71. The summed E-state index contributed by atoms with van der Waals surface area (Å²) in [5, 5.41) is 0. The predicted molar refractivity (Wildman–Crippen MR) is 320 cm³/mol. The number of rotatable bonds is 25. The number of ether oxygens (including phenoxy) is 23. The van der Waals surface area contributed by atoms with E-state index in [0.29, 0.717) is 41.4 Å². The first kappa shape index (κ1) is 71.9. The van der Waals surface area contributed by atoms with E-state index in [1.165, 1.54) is 96.4 Å². The Morgan fingerprint density at radius 3 is 1.43 bits per heavy atom. The summed E-state index contributed by atoms with van der Waals surface area (Å²) in [4.78, 5) is 25.5. The smallest absolute Gasteiger partial charge is 0.303 e. The third kappa shape index (κ3) is 14.0. The Bertz CT molecular complexity index is 2310. The second-order valence-corrected chi connectivity index (χ2v) is 28.1. The molecule has 0 amide bonds. The third-order valence-corrected chi connectivity index (χ3v) is 23.3. The second kappa shape index (κ2) is 30.9. The molecule has 32 atom stereocenters. The molecular formula is C66H110O25. The van der Waals surface area contributed by atoms with Crippen molar-refractivity contribution in [1.82, 2.24) is 0 Å². The van der Waals surface area contributed by atoms with Gasteiger partial charge < -0.3 is 109 Å². The summed E-state index contributed by atoms with van der Waals surface area (Å²) in [5.41, 5.74) is 0.428. The minimum Gasteiger partial charge on any atom is -0.457 e. The van der Waals surface area contributed by atoms with E-state index < -0.39 is 141 Å². The van der Waals surface area contributed by atoms with Crippen molar-refractivity contribution in [3.8, 4) is 0 Å². The Morgan fingerprint density at radius 1 is 0.440 bits per heavy atom. The molecule has 524 valence electrons. The van der Waals surface area contributed by atoms with E-state index in [1.807, 2.05) is 0 Å². The van der Waals surface area contributed by atoms with Crippen LogP contribution in [-0.4, -0.2) is 264 Å². The number of esters is 2. The van der Waals surface area contributed by atoms with E-state index >= 15 is 0 Å². The van der Waals surface area contributed by atoms with Crippen LogP contribution in [0.5, 0.6) is 0 Å². The van der Waals surface area contributed by atoms with Gasteiger partial charge in [-0.3, -0.25) is 9.59 Å². The number of hydrogen-bond acceptors (Lipinski definition) is 25. The van der Waals surface area contributed by atoms with Crippen LogP contribution in [-0.2, 0) is 119 Å². The summed E-state index contributed by atoms with van der Waals surface area (Å²) in [6.45, 7) is 13.3. The van der Waals surface area contributed by atoms with Crippen molar-refractivity contribution in [2.24, 2.45) is 52.3 Å². The van der Waals surface area contributed by atoms with Crippen LogP contribution in [0, 0.1) is 52.3 Å². The van der Waals surface area contributed by atoms with Gasteiger partial charge in [-0.15, -0.1) is 0 Å². The molecule has 6 heterocycles. The van der Waals surface area contributed by atoms with Crippen molar-refractivity contribution in [1.29, 1.82) is 0 Å². The maximum absolute atomic E-state index is 12.8. The lowest BCUT2D eigenvalue weighted by atomic mass is 9.44. The maximum Gasteiger partial charge on any atom is 0.303 e. The molecule has 0 aromatic carbocycles. The minimum atomic E-state index is -1.42. The van der Waals surface area contributed by atoms with Gasteiger partial charge in [0.2, 0.25) is 0 Å². The number of carbonyl (C=O) groups excluding carboxylic acids is 2. The van der Waals surface area contributed by atoms with Crippen LogP contribution in [0.4, 0.5) is 0 Å². The van der Waals surface area contributed by atoms with E-state index in [-0.39, 0.29) is 49.5 Å². The van der Waals surface area contributed by atoms with Crippen molar-refractivity contribution in [2.75, 3.05) is 111 Å². The number of hydrogen-bond donors (Lipinski definition) is 0. The van der Waals surface area contributed by atoms with Gasteiger partial charge in [0.05, 0.1) is 45.2 Å². The van der Waals surface area contributed by atoms with Gasteiger partial charge in [-0.25, -0.2) is 0 Å². The summed E-state index contributed by atoms with van der Waals surface area (Å²) in [6.07, 6.45) is -9.61. The molecule has 25 nitrogen and oxygen atoms in total. The van der Waals surface area contributed by atoms with Crippen molar-refractivity contribution in [3.63, 3.8) is 0 Å². The van der Waals surface area contributed by atoms with E-state index in [1.54, 1.807) is 21.3 Å². The summed E-state index contributed by atoms with van der Waals surface area (Å²) >= 11 is 0. The average Bonchev–Trinajstić information content (AvgIpc) is 1.56. The highest BCUT2D eigenvalue weighted by Gasteiger charge is 2.70. The van der Waals surface area contributed by atoms with Crippen LogP contribution >= 0.6 is 0 Å². The lowest BCUT2D eigenvalue weighted by molar-refractivity contribution is -0.410. The molecule has 91 heavy (non-hydrogen) atoms. The molecule has 6 saturated heterocycles. The highest BCUT2D eigenvalue weighted by molar-refractivity contribution is 5.66. The van der Waals surface area contributed by atoms with Crippen LogP contribution in [0.25, 0.3) is 0 Å². The first-order valence-electron chi connectivity index (χ1n) is 33.3. The lowest BCUT2D eigenvalue weighted by Crippen LogP contribution is -2.69. The largest absolute Gasteiger partial charge is 0.457 e. The molecular weight excluding hydrogens is 1190 g/mol. The van der Waals surface area contributed by atoms with Crippen LogP contribution in [0.3, 0.4) is 0 Å². The number of methoxy groups -OCH3 is 11. The lowest BCUT2D eigenvalue weighted by Gasteiger charge is -2.61. The zero-order valence-electron chi connectivity index (χ0n) is 57.1. The fourth-order valence-electron chi connectivity index (χ4n) is 19.1. The quantitative estimate of drug-likeness (QED) is 0.0817. The molecule has 0 aromatic heterocycles. The topological polar surface area (TPSA) is 246 Å². The zero-order chi connectivity index (χ0) is 65.3. The van der Waals surface area contributed by atoms with Crippen LogP contribution in [0.1, 0.15) is 106 Å². The molecule has 10 fully saturated rings. The maximum atomic E-state index is 12.8. The number of fused-ring (bicyclic) bond motifs is 7. The molecule has 2 unspecified atom stereocenters. The standard InChI is InChI=1S/C66H110O25/c1-33-20-25-66(80-28-33)34(2)47-42(91-66)27-41-39-19-18-37-26-38(21-23-64(37,5)40(39)22-24-65(41,47)6)83-60-56(77-15)53(76-14)51(46(86-60)32-72-10)88-63-59(90-61-57(78-16)52(75-13)50(81-35(3)67)45(87-61)31-71-9)55(49(74-12)44(85-63)30-70-8)89-62-58(79-17)54(82-36(4)68)48(73-11)43(84-62)29-69-7/h33-34,37-63H,18-32H2,1-17H3/t33-,34+,37+,38+,39-,40+,41+,42?,43-,44-,45-,46-,47?,48-,49-,50-,51+,52+,53+,54+,55+,56-,57-,58-,59-,60-,61+,62+,63+,64+,65+,66-/m1/s1. The first-order chi connectivity index (χ1) is 43.8. The Kier molecular flexibility index (Phi) is 24.4. The van der Waals surface area contributed by atoms with Crippen LogP contribution in [0.15, 0.2) is 0 Å². The van der Waals surface area contributed by atoms with Gasteiger partial charge in [-0.2, -0.15) is 0 Å². The van der Waals surface area contributed by atoms with Crippen molar-refractivity contribution in [3.05, 3.63) is 0 Å². The molecule has 4 saturated carbocycles. The summed E-state index contributed by atoms with van der Waals surface area (Å²) in [7, 11) is 16.7. The summed E-state index contributed by atoms with van der Waals surface area (Å²) in [5.74, 6) is 2.35. The van der Waals surface area contributed by atoms with Gasteiger partial charge in [-0.05, 0) is 104 Å². The fraction of sp³-hybridized carbons (Fsp3) is 0.970. The fourth-order valence-corrected chi connectivity index (χ4v) is 19.1. The minimum absolute atomic E-state index is 0.0157. The van der Waals surface area contributed by atoms with Crippen molar-refractivity contribution >= 4 is 11.9 Å². The van der Waals surface area contributed by atoms with E-state index in [0.717, 1.165) is 45.1 Å². The molecule has 0 aromatic rings.